The van der Waals surface area contributed by atoms with Gasteiger partial charge in [0.2, 0.25) is 0 Å². The van der Waals surface area contributed by atoms with Crippen molar-refractivity contribution in [3.05, 3.63) is 0 Å². The van der Waals surface area contributed by atoms with E-state index in [1.165, 1.54) is 12.8 Å². The standard InChI is InChI=1S/C8H18BrN/c1-8(2,7-9)5-4-6-10-3/h10H,4-7H2,1-3H3. The molecule has 0 saturated heterocycles. The lowest BCUT2D eigenvalue weighted by Gasteiger charge is -2.20. The zero-order valence-electron chi connectivity index (χ0n) is 7.21. The van der Waals surface area contributed by atoms with Gasteiger partial charge < -0.3 is 5.32 Å². The SMILES string of the molecule is CNCCCC(C)(C)CBr. The first kappa shape index (κ1) is 10.4. The predicted molar refractivity (Wildman–Crippen MR) is 50.7 cm³/mol. The van der Waals surface area contributed by atoms with Gasteiger partial charge in [-0.15, -0.1) is 0 Å². The van der Waals surface area contributed by atoms with Crippen LogP contribution in [-0.2, 0) is 0 Å². The van der Waals surface area contributed by atoms with Crippen LogP contribution >= 0.6 is 15.9 Å². The molecule has 0 spiro atoms. The highest BCUT2D eigenvalue weighted by Crippen LogP contribution is 2.23. The summed E-state index contributed by atoms with van der Waals surface area (Å²) in [6.45, 7) is 5.71. The van der Waals surface area contributed by atoms with E-state index in [9.17, 15) is 0 Å². The highest BCUT2D eigenvalue weighted by Gasteiger charge is 2.14. The number of nitrogens with one attached hydrogen (secondary N) is 1. The van der Waals surface area contributed by atoms with E-state index < -0.39 is 0 Å². The molecule has 1 nitrogen and oxygen atoms in total. The van der Waals surface area contributed by atoms with E-state index in [0.29, 0.717) is 5.41 Å². The van der Waals surface area contributed by atoms with Gasteiger partial charge in [0, 0.05) is 5.33 Å². The molecule has 0 unspecified atom stereocenters. The number of halogens is 1. The third-order valence-corrected chi connectivity index (χ3v) is 3.16. The molecule has 1 N–H and O–H groups in total. The molecule has 0 amide bonds. The molecular weight excluding hydrogens is 190 g/mol. The first-order chi connectivity index (χ1) is 4.62. The van der Waals surface area contributed by atoms with Gasteiger partial charge >= 0.3 is 0 Å². The van der Waals surface area contributed by atoms with E-state index in [-0.39, 0.29) is 0 Å². The van der Waals surface area contributed by atoms with Gasteiger partial charge in [-0.3, -0.25) is 0 Å². The fourth-order valence-corrected chi connectivity index (χ4v) is 1.09. The second-order valence-electron chi connectivity index (χ2n) is 3.50. The second kappa shape index (κ2) is 5.14. The average molecular weight is 208 g/mol. The highest BCUT2D eigenvalue weighted by atomic mass is 79.9. The van der Waals surface area contributed by atoms with Crippen LogP contribution in [0.3, 0.4) is 0 Å². The molecule has 0 aliphatic heterocycles. The van der Waals surface area contributed by atoms with Crippen molar-refractivity contribution in [2.24, 2.45) is 5.41 Å². The van der Waals surface area contributed by atoms with Gasteiger partial charge in [0.15, 0.2) is 0 Å². The summed E-state index contributed by atoms with van der Waals surface area (Å²) in [5, 5.41) is 4.25. The van der Waals surface area contributed by atoms with Crippen molar-refractivity contribution in [3.63, 3.8) is 0 Å². The minimum absolute atomic E-state index is 0.469. The lowest BCUT2D eigenvalue weighted by Crippen LogP contribution is -2.16. The van der Waals surface area contributed by atoms with Crippen molar-refractivity contribution in [2.45, 2.75) is 26.7 Å². The molecule has 0 heterocycles. The molecule has 0 bridgehead atoms. The van der Waals surface area contributed by atoms with Crippen LogP contribution in [0.25, 0.3) is 0 Å². The molecular formula is C8H18BrN. The average Bonchev–Trinajstić information content (AvgIpc) is 1.89. The van der Waals surface area contributed by atoms with E-state index in [2.05, 4.69) is 35.1 Å². The Hall–Kier alpha value is 0.440. The molecule has 0 saturated carbocycles. The number of hydrogen-bond acceptors (Lipinski definition) is 1. The summed E-state index contributed by atoms with van der Waals surface area (Å²) in [6, 6.07) is 0. The minimum atomic E-state index is 0.469. The van der Waals surface area contributed by atoms with E-state index in [1.807, 2.05) is 7.05 Å². The van der Waals surface area contributed by atoms with Gasteiger partial charge in [-0.25, -0.2) is 0 Å². The van der Waals surface area contributed by atoms with Crippen LogP contribution in [0, 0.1) is 5.41 Å². The quantitative estimate of drug-likeness (QED) is 0.540. The summed E-state index contributed by atoms with van der Waals surface area (Å²) in [5.74, 6) is 0. The molecule has 0 atom stereocenters. The van der Waals surface area contributed by atoms with Crippen LogP contribution < -0.4 is 5.32 Å². The summed E-state index contributed by atoms with van der Waals surface area (Å²) in [6.07, 6.45) is 2.56. The Morgan fingerprint density at radius 3 is 2.40 bits per heavy atom. The maximum absolute atomic E-state index is 3.50. The molecule has 0 aromatic carbocycles. The zero-order valence-corrected chi connectivity index (χ0v) is 8.79. The third kappa shape index (κ3) is 5.24. The predicted octanol–water partition coefficient (Wildman–Crippen LogP) is 2.41. The highest BCUT2D eigenvalue weighted by molar-refractivity contribution is 9.09. The van der Waals surface area contributed by atoms with Gasteiger partial charge in [0.25, 0.3) is 0 Å². The normalized spacial score (nSPS) is 12.0. The fraction of sp³-hybridized carbons (Fsp3) is 1.00. The van der Waals surface area contributed by atoms with E-state index in [1.54, 1.807) is 0 Å². The first-order valence-electron chi connectivity index (χ1n) is 3.83. The van der Waals surface area contributed by atoms with Crippen LogP contribution in [-0.4, -0.2) is 18.9 Å². The molecule has 0 rings (SSSR count). The van der Waals surface area contributed by atoms with Gasteiger partial charge in [-0.1, -0.05) is 29.8 Å². The molecule has 0 fully saturated rings. The molecule has 0 aliphatic rings. The van der Waals surface area contributed by atoms with Crippen molar-refractivity contribution in [2.75, 3.05) is 18.9 Å². The number of alkyl halides is 1. The molecule has 2 heteroatoms. The summed E-state index contributed by atoms with van der Waals surface area (Å²) in [5.41, 5.74) is 0.469. The Morgan fingerprint density at radius 1 is 1.40 bits per heavy atom. The Morgan fingerprint density at radius 2 is 2.00 bits per heavy atom. The topological polar surface area (TPSA) is 12.0 Å². The molecule has 0 aromatic heterocycles. The van der Waals surface area contributed by atoms with Gasteiger partial charge in [0.05, 0.1) is 0 Å². The first-order valence-corrected chi connectivity index (χ1v) is 4.95. The summed E-state index contributed by atoms with van der Waals surface area (Å²) < 4.78 is 0. The Labute approximate surface area is 72.7 Å². The van der Waals surface area contributed by atoms with Crippen LogP contribution in [0.1, 0.15) is 26.7 Å². The Balaban J connectivity index is 3.28. The van der Waals surface area contributed by atoms with Crippen LogP contribution in [0.5, 0.6) is 0 Å². The van der Waals surface area contributed by atoms with Crippen LogP contribution in [0.4, 0.5) is 0 Å². The monoisotopic (exact) mass is 207 g/mol. The van der Waals surface area contributed by atoms with Crippen molar-refractivity contribution in [1.29, 1.82) is 0 Å². The lowest BCUT2D eigenvalue weighted by atomic mass is 9.90. The Kier molecular flexibility index (Phi) is 5.36. The maximum Gasteiger partial charge on any atom is 0.00826 e. The molecule has 0 aromatic rings. The largest absolute Gasteiger partial charge is 0.320 e. The van der Waals surface area contributed by atoms with Crippen molar-refractivity contribution in [3.8, 4) is 0 Å². The molecule has 10 heavy (non-hydrogen) atoms. The zero-order chi connectivity index (χ0) is 8.04. The van der Waals surface area contributed by atoms with Gasteiger partial charge in [-0.05, 0) is 31.8 Å². The second-order valence-corrected chi connectivity index (χ2v) is 4.07. The van der Waals surface area contributed by atoms with Gasteiger partial charge in [-0.2, -0.15) is 0 Å². The van der Waals surface area contributed by atoms with Crippen molar-refractivity contribution in [1.82, 2.24) is 5.32 Å². The summed E-state index contributed by atoms with van der Waals surface area (Å²) in [7, 11) is 2.00. The third-order valence-electron chi connectivity index (χ3n) is 1.64. The number of rotatable bonds is 5. The van der Waals surface area contributed by atoms with Crippen LogP contribution in [0.15, 0.2) is 0 Å². The van der Waals surface area contributed by atoms with E-state index in [0.717, 1.165) is 11.9 Å². The molecule has 0 aliphatic carbocycles. The van der Waals surface area contributed by atoms with Gasteiger partial charge in [0.1, 0.15) is 0 Å². The molecule has 0 radical (unpaired) electrons. The van der Waals surface area contributed by atoms with Crippen molar-refractivity contribution < 1.29 is 0 Å². The number of hydrogen-bond donors (Lipinski definition) is 1. The van der Waals surface area contributed by atoms with Crippen LogP contribution in [0.2, 0.25) is 0 Å². The fourth-order valence-electron chi connectivity index (χ4n) is 0.811. The van der Waals surface area contributed by atoms with E-state index in [4.69, 9.17) is 0 Å². The smallest absolute Gasteiger partial charge is 0.00826 e. The Bertz CT molecular complexity index is 81.3. The maximum atomic E-state index is 3.50. The minimum Gasteiger partial charge on any atom is -0.320 e. The summed E-state index contributed by atoms with van der Waals surface area (Å²) >= 11 is 3.50. The van der Waals surface area contributed by atoms with Crippen molar-refractivity contribution >= 4 is 15.9 Å². The molecule has 62 valence electrons. The van der Waals surface area contributed by atoms with E-state index >= 15 is 0 Å². The summed E-state index contributed by atoms with van der Waals surface area (Å²) in [4.78, 5) is 0. The lowest BCUT2D eigenvalue weighted by molar-refractivity contribution is 0.375.